The van der Waals surface area contributed by atoms with Crippen molar-refractivity contribution in [3.63, 3.8) is 0 Å². The summed E-state index contributed by atoms with van der Waals surface area (Å²) in [4.78, 5) is 2.97. The van der Waals surface area contributed by atoms with Crippen LogP contribution in [0.5, 0.6) is 5.75 Å². The molecule has 1 heterocycles. The molecule has 5 heteroatoms. The minimum Gasteiger partial charge on any atom is -0.506 e. The summed E-state index contributed by atoms with van der Waals surface area (Å²) in [7, 11) is 0. The van der Waals surface area contributed by atoms with Gasteiger partial charge in [-0.25, -0.2) is 4.98 Å². The van der Waals surface area contributed by atoms with Crippen molar-refractivity contribution in [1.29, 1.82) is 0 Å². The largest absolute Gasteiger partial charge is 0.506 e. The molecule has 0 amide bonds. The molecule has 2 nitrogen and oxygen atoms in total. The molecule has 1 N–H and O–H groups in total. The third-order valence-electron chi connectivity index (χ3n) is 1.05. The van der Waals surface area contributed by atoms with Crippen LogP contribution >= 0.6 is 0 Å². The van der Waals surface area contributed by atoms with Crippen LogP contribution in [0.3, 0.4) is 0 Å². The molecule has 1 rings (SSSR count). The SMILES string of the molecule is Oc1cccnc1C(F)(F)F. The number of pyridine rings is 1. The Hall–Kier alpha value is -1.26. The van der Waals surface area contributed by atoms with Crippen LogP contribution in [0.1, 0.15) is 5.69 Å². The molecule has 0 fully saturated rings. The predicted molar refractivity (Wildman–Crippen MR) is 30.9 cm³/mol. The lowest BCUT2D eigenvalue weighted by Gasteiger charge is -2.05. The van der Waals surface area contributed by atoms with Crippen LogP contribution in [0.25, 0.3) is 0 Å². The van der Waals surface area contributed by atoms with E-state index in [0.29, 0.717) is 0 Å². The number of hydrogen-bond donors (Lipinski definition) is 1. The highest BCUT2D eigenvalue weighted by molar-refractivity contribution is 5.26. The molecule has 0 atom stereocenters. The Morgan fingerprint density at radius 1 is 1.36 bits per heavy atom. The Bertz CT molecular complexity index is 258. The third kappa shape index (κ3) is 1.60. The van der Waals surface area contributed by atoms with Crippen molar-refractivity contribution in [3.05, 3.63) is 24.0 Å². The van der Waals surface area contributed by atoms with E-state index in [1.165, 1.54) is 6.07 Å². The molecule has 1 aromatic rings. The van der Waals surface area contributed by atoms with Crippen LogP contribution in [0.15, 0.2) is 18.3 Å². The van der Waals surface area contributed by atoms with Gasteiger partial charge in [0.15, 0.2) is 5.69 Å². The van der Waals surface area contributed by atoms with Crippen molar-refractivity contribution < 1.29 is 18.3 Å². The smallest absolute Gasteiger partial charge is 0.437 e. The molecule has 1 aromatic heterocycles. The average Bonchev–Trinajstić information content (AvgIpc) is 1.86. The molecule has 60 valence electrons. The fourth-order valence-corrected chi connectivity index (χ4v) is 0.615. The normalized spacial score (nSPS) is 11.5. The first-order valence-corrected chi connectivity index (χ1v) is 2.73. The molecule has 0 aliphatic heterocycles. The van der Waals surface area contributed by atoms with Gasteiger partial charge in [0.2, 0.25) is 0 Å². The second-order valence-corrected chi connectivity index (χ2v) is 1.87. The maximum atomic E-state index is 11.8. The second-order valence-electron chi connectivity index (χ2n) is 1.87. The van der Waals surface area contributed by atoms with E-state index in [1.54, 1.807) is 0 Å². The average molecular weight is 163 g/mol. The van der Waals surface area contributed by atoms with Gasteiger partial charge in [-0.05, 0) is 12.1 Å². The van der Waals surface area contributed by atoms with Crippen LogP contribution in [0, 0.1) is 0 Å². The molecule has 0 aromatic carbocycles. The predicted octanol–water partition coefficient (Wildman–Crippen LogP) is 1.81. The van der Waals surface area contributed by atoms with Gasteiger partial charge >= 0.3 is 6.18 Å². The lowest BCUT2D eigenvalue weighted by molar-refractivity contribution is -0.142. The van der Waals surface area contributed by atoms with Gasteiger partial charge in [0.25, 0.3) is 0 Å². The summed E-state index contributed by atoms with van der Waals surface area (Å²) >= 11 is 0. The van der Waals surface area contributed by atoms with Gasteiger partial charge in [0.05, 0.1) is 0 Å². The van der Waals surface area contributed by atoms with Crippen LogP contribution in [-0.2, 0) is 6.18 Å². The van der Waals surface area contributed by atoms with Crippen molar-refractivity contribution in [1.82, 2.24) is 4.98 Å². The third-order valence-corrected chi connectivity index (χ3v) is 1.05. The number of aromatic nitrogens is 1. The van der Waals surface area contributed by atoms with Gasteiger partial charge in [-0.15, -0.1) is 0 Å². The Morgan fingerprint density at radius 2 is 2.00 bits per heavy atom. The van der Waals surface area contributed by atoms with Gasteiger partial charge in [0.1, 0.15) is 5.75 Å². The van der Waals surface area contributed by atoms with E-state index >= 15 is 0 Å². The molecule has 11 heavy (non-hydrogen) atoms. The fraction of sp³-hybridized carbons (Fsp3) is 0.167. The van der Waals surface area contributed by atoms with Gasteiger partial charge < -0.3 is 5.11 Å². The molecule has 0 aliphatic rings. The van der Waals surface area contributed by atoms with Crippen LogP contribution in [0.4, 0.5) is 13.2 Å². The quantitative estimate of drug-likeness (QED) is 0.632. The first-order valence-electron chi connectivity index (χ1n) is 2.73. The Labute approximate surface area is 60.3 Å². The topological polar surface area (TPSA) is 33.1 Å². The first kappa shape index (κ1) is 7.84. The summed E-state index contributed by atoms with van der Waals surface area (Å²) in [6, 6.07) is 2.17. The van der Waals surface area contributed by atoms with Gasteiger partial charge in [-0.2, -0.15) is 13.2 Å². The second kappa shape index (κ2) is 2.41. The molecule has 0 unspecified atom stereocenters. The number of nitrogens with zero attached hydrogens (tertiary/aromatic N) is 1. The minimum absolute atomic E-state index is 0.847. The van der Waals surface area contributed by atoms with E-state index in [0.717, 1.165) is 12.3 Å². The van der Waals surface area contributed by atoms with E-state index in [4.69, 9.17) is 5.11 Å². The standard InChI is InChI=1S/C6H4F3NO/c7-6(8,9)5-4(11)2-1-3-10-5/h1-3,11H. The Kier molecular flexibility index (Phi) is 1.72. The maximum absolute atomic E-state index is 11.8. The fourth-order valence-electron chi connectivity index (χ4n) is 0.615. The monoisotopic (exact) mass is 163 g/mol. The molecule has 0 radical (unpaired) electrons. The summed E-state index contributed by atoms with van der Waals surface area (Å²) < 4.78 is 35.5. The summed E-state index contributed by atoms with van der Waals surface area (Å²) in [6.45, 7) is 0. The maximum Gasteiger partial charge on any atom is 0.437 e. The van der Waals surface area contributed by atoms with Crippen LogP contribution in [-0.4, -0.2) is 10.1 Å². The van der Waals surface area contributed by atoms with Gasteiger partial charge in [-0.3, -0.25) is 0 Å². The van der Waals surface area contributed by atoms with E-state index in [9.17, 15) is 13.2 Å². The molecule has 0 spiro atoms. The summed E-state index contributed by atoms with van der Waals surface area (Å²) in [5, 5.41) is 8.66. The molecule has 0 aliphatic carbocycles. The van der Waals surface area contributed by atoms with Crippen LogP contribution in [0.2, 0.25) is 0 Å². The van der Waals surface area contributed by atoms with Crippen molar-refractivity contribution in [2.75, 3.05) is 0 Å². The highest BCUT2D eigenvalue weighted by Gasteiger charge is 2.35. The zero-order chi connectivity index (χ0) is 8.48. The minimum atomic E-state index is -4.58. The first-order chi connectivity index (χ1) is 5.02. The summed E-state index contributed by atoms with van der Waals surface area (Å²) in [5.41, 5.74) is -1.25. The van der Waals surface area contributed by atoms with Crippen molar-refractivity contribution in [3.8, 4) is 5.75 Å². The highest BCUT2D eigenvalue weighted by atomic mass is 19.4. The van der Waals surface area contributed by atoms with Crippen molar-refractivity contribution in [2.45, 2.75) is 6.18 Å². The molecule has 0 saturated heterocycles. The lowest BCUT2D eigenvalue weighted by Crippen LogP contribution is -2.07. The van der Waals surface area contributed by atoms with Crippen LogP contribution < -0.4 is 0 Å². The lowest BCUT2D eigenvalue weighted by atomic mass is 10.3. The van der Waals surface area contributed by atoms with Crippen molar-refractivity contribution >= 4 is 0 Å². The zero-order valence-corrected chi connectivity index (χ0v) is 5.26. The van der Waals surface area contributed by atoms with Gasteiger partial charge in [-0.1, -0.05) is 0 Å². The number of alkyl halides is 3. The number of halogens is 3. The Balaban J connectivity index is 3.14. The number of rotatable bonds is 0. The molecule has 0 saturated carbocycles. The van der Waals surface area contributed by atoms with Crippen molar-refractivity contribution in [2.24, 2.45) is 0 Å². The van der Waals surface area contributed by atoms with E-state index in [2.05, 4.69) is 4.98 Å². The number of hydrogen-bond acceptors (Lipinski definition) is 2. The summed E-state index contributed by atoms with van der Waals surface area (Å²) in [6.07, 6.45) is -3.60. The Morgan fingerprint density at radius 3 is 2.36 bits per heavy atom. The molecule has 0 bridgehead atoms. The van der Waals surface area contributed by atoms with E-state index < -0.39 is 17.6 Å². The van der Waals surface area contributed by atoms with E-state index in [1.807, 2.05) is 0 Å². The number of aromatic hydroxyl groups is 1. The van der Waals surface area contributed by atoms with Gasteiger partial charge in [0, 0.05) is 6.20 Å². The molecular formula is C6H4F3NO. The van der Waals surface area contributed by atoms with E-state index in [-0.39, 0.29) is 0 Å². The summed E-state index contributed by atoms with van der Waals surface area (Å²) in [5.74, 6) is -0.847. The molecular weight excluding hydrogens is 159 g/mol. The highest BCUT2D eigenvalue weighted by Crippen LogP contribution is 2.32. The zero-order valence-electron chi connectivity index (χ0n) is 5.26.